The maximum atomic E-state index is 5.29. The molecule has 3 aromatic rings. The van der Waals surface area contributed by atoms with Gasteiger partial charge in [0.1, 0.15) is 5.76 Å². The van der Waals surface area contributed by atoms with E-state index in [1.165, 1.54) is 0 Å². The van der Waals surface area contributed by atoms with Crippen molar-refractivity contribution in [3.63, 3.8) is 0 Å². The zero-order valence-corrected chi connectivity index (χ0v) is 11.5. The van der Waals surface area contributed by atoms with Crippen molar-refractivity contribution in [1.29, 1.82) is 0 Å². The number of benzene rings is 1. The predicted molar refractivity (Wildman–Crippen MR) is 77.2 cm³/mol. The molecule has 0 saturated heterocycles. The van der Waals surface area contributed by atoms with Gasteiger partial charge in [-0.15, -0.1) is 0 Å². The Balaban J connectivity index is 1.74. The molecule has 0 fully saturated rings. The summed E-state index contributed by atoms with van der Waals surface area (Å²) in [6.45, 7) is 0. The van der Waals surface area contributed by atoms with E-state index in [4.69, 9.17) is 4.42 Å². The Morgan fingerprint density at radius 1 is 1.28 bits per heavy atom. The molecule has 1 aromatic carbocycles. The minimum Gasteiger partial charge on any atom is -0.448 e. The lowest BCUT2D eigenvalue weighted by molar-refractivity contribution is 0.534. The summed E-state index contributed by atoms with van der Waals surface area (Å²) >= 11 is 4.79. The molecule has 4 nitrogen and oxygen atoms in total. The molecule has 0 spiro atoms. The van der Waals surface area contributed by atoms with Gasteiger partial charge in [-0.1, -0.05) is 23.5 Å². The maximum Gasteiger partial charge on any atom is 0.204 e. The van der Waals surface area contributed by atoms with Crippen LogP contribution in [0.25, 0.3) is 10.2 Å². The molecule has 6 heteroatoms. The number of fused-ring (bicyclic) bond motifs is 1. The summed E-state index contributed by atoms with van der Waals surface area (Å²) in [5.74, 6) is 0.676. The first kappa shape index (κ1) is 11.4. The van der Waals surface area contributed by atoms with E-state index in [1.807, 2.05) is 36.4 Å². The first-order valence-corrected chi connectivity index (χ1v) is 6.82. The minimum atomic E-state index is 0.676. The number of nitrogens with zero attached hydrogens (tertiary/aromatic N) is 2. The van der Waals surface area contributed by atoms with Gasteiger partial charge < -0.3 is 4.42 Å². The lowest BCUT2D eigenvalue weighted by Gasteiger charge is -1.90. The Morgan fingerprint density at radius 3 is 2.94 bits per heavy atom. The molecule has 2 aromatic heterocycles. The van der Waals surface area contributed by atoms with Crippen molar-refractivity contribution in [3.8, 4) is 0 Å². The number of anilines is 1. The predicted octanol–water partition coefficient (Wildman–Crippen LogP) is 4.10. The maximum absolute atomic E-state index is 5.29. The summed E-state index contributed by atoms with van der Waals surface area (Å²) in [6, 6.07) is 11.6. The van der Waals surface area contributed by atoms with Crippen LogP contribution in [0, 0.1) is 0 Å². The first-order valence-electron chi connectivity index (χ1n) is 5.21. The van der Waals surface area contributed by atoms with Crippen LogP contribution in [-0.2, 0) is 0 Å². The van der Waals surface area contributed by atoms with E-state index >= 15 is 0 Å². The van der Waals surface area contributed by atoms with E-state index in [0.29, 0.717) is 10.4 Å². The van der Waals surface area contributed by atoms with E-state index in [0.717, 1.165) is 15.3 Å². The number of aromatic nitrogens is 1. The number of hydrogen-bond donors (Lipinski definition) is 1. The molecule has 90 valence electrons. The van der Waals surface area contributed by atoms with Crippen LogP contribution in [0.1, 0.15) is 5.76 Å². The largest absolute Gasteiger partial charge is 0.448 e. The van der Waals surface area contributed by atoms with Crippen LogP contribution in [-0.4, -0.2) is 11.2 Å². The fraction of sp³-hybridized carbons (Fsp3) is 0. The van der Waals surface area contributed by atoms with Gasteiger partial charge in [-0.2, -0.15) is 5.10 Å². The molecular formula is C12H8BrN3OS. The molecule has 0 unspecified atom stereocenters. The Hall–Kier alpha value is -1.66. The molecule has 0 aliphatic carbocycles. The van der Waals surface area contributed by atoms with Gasteiger partial charge in [-0.3, -0.25) is 5.43 Å². The van der Waals surface area contributed by atoms with Crippen LogP contribution in [0.5, 0.6) is 0 Å². The van der Waals surface area contributed by atoms with Gasteiger partial charge in [0.05, 0.1) is 16.4 Å². The van der Waals surface area contributed by atoms with Crippen LogP contribution in [0.2, 0.25) is 0 Å². The molecule has 3 rings (SSSR count). The third-order valence-electron chi connectivity index (χ3n) is 2.24. The van der Waals surface area contributed by atoms with Crippen molar-refractivity contribution in [2.75, 3.05) is 5.43 Å². The van der Waals surface area contributed by atoms with Crippen LogP contribution in [0.15, 0.2) is 50.6 Å². The Bertz CT molecular complexity index is 671. The average molecular weight is 322 g/mol. The van der Waals surface area contributed by atoms with E-state index in [1.54, 1.807) is 17.6 Å². The van der Waals surface area contributed by atoms with Crippen LogP contribution in [0.3, 0.4) is 0 Å². The highest BCUT2D eigenvalue weighted by molar-refractivity contribution is 9.10. The molecule has 0 aliphatic rings. The number of thiazole rings is 1. The highest BCUT2D eigenvalue weighted by Crippen LogP contribution is 2.25. The third kappa shape index (κ3) is 2.44. The first-order chi connectivity index (χ1) is 8.81. The van der Waals surface area contributed by atoms with Crippen LogP contribution >= 0.6 is 27.3 Å². The van der Waals surface area contributed by atoms with Gasteiger partial charge in [-0.25, -0.2) is 4.98 Å². The van der Waals surface area contributed by atoms with E-state index in [9.17, 15) is 0 Å². The monoisotopic (exact) mass is 321 g/mol. The summed E-state index contributed by atoms with van der Waals surface area (Å²) in [7, 11) is 0. The van der Waals surface area contributed by atoms with Gasteiger partial charge in [-0.05, 0) is 40.2 Å². The lowest BCUT2D eigenvalue weighted by atomic mass is 10.3. The number of hydrazone groups is 1. The molecule has 1 N–H and O–H groups in total. The summed E-state index contributed by atoms with van der Waals surface area (Å²) in [5.41, 5.74) is 3.87. The SMILES string of the molecule is Brc1ccc(/C=N\Nc2nc3ccccc3s2)o1. The van der Waals surface area contributed by atoms with Crippen molar-refractivity contribution in [3.05, 3.63) is 46.8 Å². The molecule has 2 heterocycles. The lowest BCUT2D eigenvalue weighted by Crippen LogP contribution is -1.88. The van der Waals surface area contributed by atoms with Gasteiger partial charge in [0, 0.05) is 0 Å². The molecule has 0 amide bonds. The van der Waals surface area contributed by atoms with Gasteiger partial charge >= 0.3 is 0 Å². The number of nitrogens with one attached hydrogen (secondary N) is 1. The minimum absolute atomic E-state index is 0.676. The third-order valence-corrected chi connectivity index (χ3v) is 3.61. The topological polar surface area (TPSA) is 50.4 Å². The zero-order valence-electron chi connectivity index (χ0n) is 9.13. The highest BCUT2D eigenvalue weighted by Gasteiger charge is 2.01. The molecule has 0 radical (unpaired) electrons. The Labute approximate surface area is 115 Å². The standard InChI is InChI=1S/C12H8BrN3OS/c13-11-6-5-8(17-11)7-14-16-12-15-9-3-1-2-4-10(9)18-12/h1-7H,(H,15,16)/b14-7-. The summed E-state index contributed by atoms with van der Waals surface area (Å²) in [5, 5.41) is 4.84. The summed E-state index contributed by atoms with van der Waals surface area (Å²) in [6.07, 6.45) is 1.61. The molecule has 0 saturated carbocycles. The number of para-hydroxylation sites is 1. The van der Waals surface area contributed by atoms with Crippen molar-refractivity contribution in [2.45, 2.75) is 0 Å². The quantitative estimate of drug-likeness (QED) is 0.583. The highest BCUT2D eigenvalue weighted by atomic mass is 79.9. The average Bonchev–Trinajstić information content (AvgIpc) is 2.95. The van der Waals surface area contributed by atoms with E-state index in [2.05, 4.69) is 31.4 Å². The fourth-order valence-corrected chi connectivity index (χ4v) is 2.60. The fourth-order valence-electron chi connectivity index (χ4n) is 1.47. The van der Waals surface area contributed by atoms with Gasteiger partial charge in [0.2, 0.25) is 5.13 Å². The summed E-state index contributed by atoms with van der Waals surface area (Å²) < 4.78 is 7.11. The van der Waals surface area contributed by atoms with Crippen molar-refractivity contribution < 1.29 is 4.42 Å². The molecule has 0 atom stereocenters. The van der Waals surface area contributed by atoms with Crippen molar-refractivity contribution >= 4 is 48.8 Å². The second kappa shape index (κ2) is 4.91. The number of hydrogen-bond acceptors (Lipinski definition) is 5. The molecule has 0 bridgehead atoms. The summed E-state index contributed by atoms with van der Waals surface area (Å²) in [4.78, 5) is 4.40. The van der Waals surface area contributed by atoms with Crippen LogP contribution in [0.4, 0.5) is 5.13 Å². The van der Waals surface area contributed by atoms with Crippen molar-refractivity contribution in [2.24, 2.45) is 5.10 Å². The molecular weight excluding hydrogens is 314 g/mol. The molecule has 0 aliphatic heterocycles. The smallest absolute Gasteiger partial charge is 0.204 e. The number of halogens is 1. The zero-order chi connectivity index (χ0) is 12.4. The van der Waals surface area contributed by atoms with Crippen LogP contribution < -0.4 is 5.43 Å². The van der Waals surface area contributed by atoms with Gasteiger partial charge in [0.15, 0.2) is 4.67 Å². The second-order valence-corrected chi connectivity index (χ2v) is 5.31. The Morgan fingerprint density at radius 2 is 2.17 bits per heavy atom. The normalized spacial score (nSPS) is 11.4. The number of furan rings is 1. The van der Waals surface area contributed by atoms with E-state index < -0.39 is 0 Å². The molecule has 18 heavy (non-hydrogen) atoms. The Kier molecular flexibility index (Phi) is 3.12. The second-order valence-electron chi connectivity index (χ2n) is 3.50. The van der Waals surface area contributed by atoms with E-state index in [-0.39, 0.29) is 0 Å². The van der Waals surface area contributed by atoms with Crippen molar-refractivity contribution in [1.82, 2.24) is 4.98 Å². The number of rotatable bonds is 3. The van der Waals surface area contributed by atoms with Gasteiger partial charge in [0.25, 0.3) is 0 Å².